The van der Waals surface area contributed by atoms with E-state index in [1.807, 2.05) is 70.6 Å². The molecule has 0 aliphatic carbocycles. The Kier molecular flexibility index (Phi) is 6.27. The Bertz CT molecular complexity index is 1670. The van der Waals surface area contributed by atoms with Crippen molar-refractivity contribution in [3.63, 3.8) is 0 Å². The highest BCUT2D eigenvalue weighted by molar-refractivity contribution is 5.99. The molecule has 1 amide bonds. The molecule has 1 aliphatic heterocycles. The van der Waals surface area contributed by atoms with Gasteiger partial charge < -0.3 is 15.3 Å². The van der Waals surface area contributed by atoms with Crippen LogP contribution in [0.3, 0.4) is 0 Å². The molecule has 5 aromatic rings. The van der Waals surface area contributed by atoms with E-state index in [9.17, 15) is 9.90 Å². The number of nitrogens with zero attached hydrogens (tertiary/aromatic N) is 5. The van der Waals surface area contributed by atoms with E-state index >= 15 is 0 Å². The summed E-state index contributed by atoms with van der Waals surface area (Å²) >= 11 is 0. The number of nitrogens with one attached hydrogen (secondary N) is 1. The smallest absolute Gasteiger partial charge is 0.253 e. The van der Waals surface area contributed by atoms with Gasteiger partial charge in [0.2, 0.25) is 0 Å². The molecule has 0 saturated carbocycles. The monoisotopic (exact) mass is 520 g/mol. The minimum absolute atomic E-state index is 0.0644. The SMILES string of the molecule is Cc1c(-c2nccc3cnc(NC4CCN(C(=O)c5ccccc5)C4)cc23)ccc2c1cnn2CC(C)(C)O. The molecule has 4 heterocycles. The molecule has 3 aromatic heterocycles. The van der Waals surface area contributed by atoms with E-state index in [0.717, 1.165) is 56.3 Å². The molecule has 0 radical (unpaired) electrons. The third kappa shape index (κ3) is 4.95. The zero-order valence-corrected chi connectivity index (χ0v) is 22.4. The van der Waals surface area contributed by atoms with Crippen LogP contribution < -0.4 is 5.32 Å². The molecule has 0 bridgehead atoms. The van der Waals surface area contributed by atoms with Gasteiger partial charge in [-0.25, -0.2) is 4.98 Å². The number of carbonyl (C=O) groups is 1. The predicted molar refractivity (Wildman–Crippen MR) is 154 cm³/mol. The van der Waals surface area contributed by atoms with Crippen LogP contribution in [-0.2, 0) is 6.54 Å². The second kappa shape index (κ2) is 9.78. The highest BCUT2D eigenvalue weighted by Gasteiger charge is 2.27. The summed E-state index contributed by atoms with van der Waals surface area (Å²) in [6, 6.07) is 17.7. The Labute approximate surface area is 227 Å². The van der Waals surface area contributed by atoms with Gasteiger partial charge in [-0.2, -0.15) is 5.10 Å². The molecule has 1 saturated heterocycles. The molecule has 2 N–H and O–H groups in total. The van der Waals surface area contributed by atoms with Crippen LogP contribution in [0.25, 0.3) is 32.9 Å². The van der Waals surface area contributed by atoms with E-state index < -0.39 is 5.60 Å². The molecular formula is C31H32N6O2. The zero-order chi connectivity index (χ0) is 27.1. The second-order valence-electron chi connectivity index (χ2n) is 11.0. The van der Waals surface area contributed by atoms with Crippen LogP contribution >= 0.6 is 0 Å². The number of anilines is 1. The first-order valence-corrected chi connectivity index (χ1v) is 13.3. The van der Waals surface area contributed by atoms with Crippen LogP contribution in [0.2, 0.25) is 0 Å². The van der Waals surface area contributed by atoms with Crippen molar-refractivity contribution in [2.75, 3.05) is 18.4 Å². The average molecular weight is 521 g/mol. The molecule has 2 aromatic carbocycles. The van der Waals surface area contributed by atoms with Gasteiger partial charge in [0.1, 0.15) is 5.82 Å². The number of rotatable bonds is 6. The molecule has 39 heavy (non-hydrogen) atoms. The van der Waals surface area contributed by atoms with Crippen molar-refractivity contribution in [2.45, 2.75) is 45.4 Å². The molecule has 1 aliphatic rings. The van der Waals surface area contributed by atoms with E-state index in [1.165, 1.54) is 0 Å². The number of aromatic nitrogens is 4. The minimum atomic E-state index is -0.857. The number of pyridine rings is 2. The normalized spacial score (nSPS) is 15.8. The van der Waals surface area contributed by atoms with E-state index in [1.54, 1.807) is 13.8 Å². The quantitative estimate of drug-likeness (QED) is 0.325. The Morgan fingerprint density at radius 1 is 1.08 bits per heavy atom. The Hall–Kier alpha value is -4.30. The van der Waals surface area contributed by atoms with Crippen LogP contribution in [-0.4, -0.2) is 60.4 Å². The zero-order valence-electron chi connectivity index (χ0n) is 22.4. The van der Waals surface area contributed by atoms with Gasteiger partial charge >= 0.3 is 0 Å². The van der Waals surface area contributed by atoms with E-state index in [0.29, 0.717) is 19.6 Å². The predicted octanol–water partition coefficient (Wildman–Crippen LogP) is 5.05. The minimum Gasteiger partial charge on any atom is -0.389 e. The van der Waals surface area contributed by atoms with Gasteiger partial charge in [0, 0.05) is 58.8 Å². The topological polar surface area (TPSA) is 96.2 Å². The lowest BCUT2D eigenvalue weighted by atomic mass is 9.98. The first kappa shape index (κ1) is 25.0. The average Bonchev–Trinajstić information content (AvgIpc) is 3.55. The summed E-state index contributed by atoms with van der Waals surface area (Å²) in [7, 11) is 0. The van der Waals surface area contributed by atoms with Crippen molar-refractivity contribution < 1.29 is 9.90 Å². The standard InChI is InChI=1S/C31H32N6O2/c1-20-24(9-10-27-26(20)17-34-37(27)19-31(2,3)39)29-25-15-28(33-16-22(25)11-13-32-29)35-23-12-14-36(18-23)30(38)21-7-5-4-6-8-21/h4-11,13,15-17,23,39H,12,14,18-19H2,1-3H3,(H,33,35). The van der Waals surface area contributed by atoms with Gasteiger partial charge in [-0.3, -0.25) is 14.5 Å². The first-order chi connectivity index (χ1) is 18.8. The Morgan fingerprint density at radius 3 is 2.69 bits per heavy atom. The van der Waals surface area contributed by atoms with Crippen molar-refractivity contribution >= 4 is 33.4 Å². The lowest BCUT2D eigenvalue weighted by Crippen LogP contribution is -2.31. The number of hydrogen-bond acceptors (Lipinski definition) is 6. The van der Waals surface area contributed by atoms with Crippen LogP contribution in [0.4, 0.5) is 5.82 Å². The van der Waals surface area contributed by atoms with Crippen LogP contribution in [0, 0.1) is 6.92 Å². The Morgan fingerprint density at radius 2 is 1.90 bits per heavy atom. The van der Waals surface area contributed by atoms with E-state index in [2.05, 4.69) is 34.5 Å². The lowest BCUT2D eigenvalue weighted by molar-refractivity contribution is 0.0591. The van der Waals surface area contributed by atoms with Crippen molar-refractivity contribution in [1.29, 1.82) is 0 Å². The van der Waals surface area contributed by atoms with Gasteiger partial charge in [0.25, 0.3) is 5.91 Å². The second-order valence-corrected chi connectivity index (χ2v) is 11.0. The number of carbonyl (C=O) groups excluding carboxylic acids is 1. The summed E-state index contributed by atoms with van der Waals surface area (Å²) < 4.78 is 1.85. The number of hydrogen-bond donors (Lipinski definition) is 2. The van der Waals surface area contributed by atoms with Gasteiger partial charge in [-0.05, 0) is 63.1 Å². The third-order valence-corrected chi connectivity index (χ3v) is 7.38. The molecule has 1 atom stereocenters. The number of fused-ring (bicyclic) bond motifs is 2. The number of aryl methyl sites for hydroxylation is 1. The van der Waals surface area contributed by atoms with Gasteiger partial charge in [0.15, 0.2) is 0 Å². The van der Waals surface area contributed by atoms with Gasteiger partial charge in [-0.1, -0.05) is 24.3 Å². The fraction of sp³-hybridized carbons (Fsp3) is 0.290. The molecule has 1 unspecified atom stereocenters. The summed E-state index contributed by atoms with van der Waals surface area (Å²) in [5, 5.41) is 21.4. The molecule has 198 valence electrons. The lowest BCUT2D eigenvalue weighted by Gasteiger charge is -2.18. The molecule has 6 rings (SSSR count). The van der Waals surface area contributed by atoms with E-state index in [-0.39, 0.29) is 11.9 Å². The fourth-order valence-electron chi connectivity index (χ4n) is 5.43. The maximum Gasteiger partial charge on any atom is 0.253 e. The van der Waals surface area contributed by atoms with Crippen molar-refractivity contribution in [1.82, 2.24) is 24.6 Å². The van der Waals surface area contributed by atoms with Gasteiger partial charge in [0.05, 0.1) is 29.6 Å². The third-order valence-electron chi connectivity index (χ3n) is 7.38. The van der Waals surface area contributed by atoms with Crippen molar-refractivity contribution in [2.24, 2.45) is 0 Å². The fourth-order valence-corrected chi connectivity index (χ4v) is 5.43. The maximum absolute atomic E-state index is 12.9. The highest BCUT2D eigenvalue weighted by Crippen LogP contribution is 2.34. The van der Waals surface area contributed by atoms with Crippen LogP contribution in [0.1, 0.15) is 36.2 Å². The van der Waals surface area contributed by atoms with Gasteiger partial charge in [-0.15, -0.1) is 0 Å². The van der Waals surface area contributed by atoms with Crippen LogP contribution in [0.15, 0.2) is 73.2 Å². The first-order valence-electron chi connectivity index (χ1n) is 13.3. The summed E-state index contributed by atoms with van der Waals surface area (Å²) in [4.78, 5) is 24.2. The molecular weight excluding hydrogens is 488 g/mol. The summed E-state index contributed by atoms with van der Waals surface area (Å²) in [6.07, 6.45) is 6.42. The van der Waals surface area contributed by atoms with Crippen LogP contribution in [0.5, 0.6) is 0 Å². The molecule has 0 spiro atoms. The molecule has 8 nitrogen and oxygen atoms in total. The highest BCUT2D eigenvalue weighted by atomic mass is 16.3. The number of benzene rings is 2. The number of aliphatic hydroxyl groups is 1. The summed E-state index contributed by atoms with van der Waals surface area (Å²) in [5.41, 5.74) is 3.86. The number of amides is 1. The maximum atomic E-state index is 12.9. The summed E-state index contributed by atoms with van der Waals surface area (Å²) in [6.45, 7) is 7.42. The number of likely N-dealkylation sites (tertiary alicyclic amines) is 1. The molecule has 8 heteroatoms. The Balaban J connectivity index is 1.28. The molecule has 1 fully saturated rings. The van der Waals surface area contributed by atoms with Crippen molar-refractivity contribution in [3.8, 4) is 11.3 Å². The van der Waals surface area contributed by atoms with E-state index in [4.69, 9.17) is 4.98 Å². The largest absolute Gasteiger partial charge is 0.389 e. The van der Waals surface area contributed by atoms with Crippen molar-refractivity contribution in [3.05, 3.63) is 84.3 Å². The summed E-state index contributed by atoms with van der Waals surface area (Å²) in [5.74, 6) is 0.835.